The number of aromatic nitrogens is 3. The fourth-order valence-corrected chi connectivity index (χ4v) is 4.49. The van der Waals surface area contributed by atoms with Gasteiger partial charge in [0.05, 0.1) is 22.0 Å². The average molecular weight is 395 g/mol. The van der Waals surface area contributed by atoms with Crippen molar-refractivity contribution < 1.29 is 4.79 Å². The number of carbonyl (C=O) groups excluding carboxylic acids is 1. The predicted molar refractivity (Wildman–Crippen MR) is 110 cm³/mol. The number of hydrogen-bond acceptors (Lipinski definition) is 5. The van der Waals surface area contributed by atoms with Gasteiger partial charge in [0.1, 0.15) is 10.7 Å². The highest BCUT2D eigenvalue weighted by Gasteiger charge is 2.19. The summed E-state index contributed by atoms with van der Waals surface area (Å²) in [7, 11) is 0. The number of primary amides is 1. The Bertz CT molecular complexity index is 1110. The molecule has 3 aromatic heterocycles. The van der Waals surface area contributed by atoms with Crippen LogP contribution < -0.4 is 5.73 Å². The van der Waals surface area contributed by atoms with Gasteiger partial charge in [0.2, 0.25) is 0 Å². The zero-order valence-corrected chi connectivity index (χ0v) is 16.6. The summed E-state index contributed by atoms with van der Waals surface area (Å²) in [6, 6.07) is 12.0. The number of hydrogen-bond donors (Lipinski definition) is 1. The molecule has 0 aliphatic heterocycles. The Morgan fingerprint density at radius 3 is 2.48 bits per heavy atom. The second-order valence-corrected chi connectivity index (χ2v) is 8.17. The maximum absolute atomic E-state index is 11.9. The first-order valence-corrected chi connectivity index (χ1v) is 10.2. The quantitative estimate of drug-likeness (QED) is 0.542. The normalized spacial score (nSPS) is 11.0. The fraction of sp³-hybridized carbons (Fsp3) is 0.150. The first-order valence-electron chi connectivity index (χ1n) is 8.45. The first-order chi connectivity index (χ1) is 13.0. The fourth-order valence-electron chi connectivity index (χ4n) is 3.05. The Labute approximate surface area is 165 Å². The molecule has 1 aromatic carbocycles. The standard InChI is InChI=1S/C20H18N4OS2/c1-12-15(19(21)25)8-18(24(12)9-14-6-4-3-5-7-14)16-10-27-20(23-16)17-11-26-13(2)22-17/h3-8,10-11H,9H2,1-2H3,(H2,21,25). The Morgan fingerprint density at radius 2 is 1.81 bits per heavy atom. The van der Waals surface area contributed by atoms with E-state index in [0.29, 0.717) is 12.1 Å². The average Bonchev–Trinajstić information content (AvgIpc) is 3.36. The van der Waals surface area contributed by atoms with E-state index in [4.69, 9.17) is 10.7 Å². The summed E-state index contributed by atoms with van der Waals surface area (Å²) in [5.41, 5.74) is 10.7. The first kappa shape index (κ1) is 17.6. The van der Waals surface area contributed by atoms with E-state index < -0.39 is 5.91 Å². The summed E-state index contributed by atoms with van der Waals surface area (Å²) >= 11 is 3.16. The maximum Gasteiger partial charge on any atom is 0.250 e. The monoisotopic (exact) mass is 394 g/mol. The molecule has 0 fully saturated rings. The van der Waals surface area contributed by atoms with Crippen LogP contribution in [0.5, 0.6) is 0 Å². The molecule has 0 saturated carbocycles. The van der Waals surface area contributed by atoms with Crippen LogP contribution in [0.4, 0.5) is 0 Å². The zero-order valence-electron chi connectivity index (χ0n) is 15.0. The lowest BCUT2D eigenvalue weighted by Gasteiger charge is -2.11. The van der Waals surface area contributed by atoms with Gasteiger partial charge in [-0.15, -0.1) is 22.7 Å². The van der Waals surface area contributed by atoms with Crippen molar-refractivity contribution in [1.82, 2.24) is 14.5 Å². The molecule has 5 nitrogen and oxygen atoms in total. The number of nitrogens with zero attached hydrogens (tertiary/aromatic N) is 3. The lowest BCUT2D eigenvalue weighted by atomic mass is 10.2. The highest BCUT2D eigenvalue weighted by Crippen LogP contribution is 2.32. The molecule has 2 N–H and O–H groups in total. The van der Waals surface area contributed by atoms with Crippen molar-refractivity contribution in [2.75, 3.05) is 0 Å². The molecular formula is C20H18N4OS2. The highest BCUT2D eigenvalue weighted by molar-refractivity contribution is 7.14. The van der Waals surface area contributed by atoms with Crippen LogP contribution in [-0.4, -0.2) is 20.4 Å². The predicted octanol–water partition coefficient (Wildman–Crippen LogP) is 4.50. The molecule has 0 bridgehead atoms. The Morgan fingerprint density at radius 1 is 1.07 bits per heavy atom. The van der Waals surface area contributed by atoms with E-state index in [1.165, 1.54) is 0 Å². The molecule has 7 heteroatoms. The van der Waals surface area contributed by atoms with Crippen LogP contribution in [0.1, 0.15) is 26.6 Å². The van der Waals surface area contributed by atoms with Crippen LogP contribution in [0, 0.1) is 13.8 Å². The van der Waals surface area contributed by atoms with Crippen molar-refractivity contribution in [2.24, 2.45) is 5.73 Å². The minimum Gasteiger partial charge on any atom is -0.366 e. The molecule has 0 unspecified atom stereocenters. The molecule has 3 heterocycles. The van der Waals surface area contributed by atoms with Crippen LogP contribution in [0.25, 0.3) is 22.1 Å². The molecule has 1 amide bonds. The summed E-state index contributed by atoms with van der Waals surface area (Å²) in [5.74, 6) is -0.425. The number of benzene rings is 1. The van der Waals surface area contributed by atoms with Crippen LogP contribution in [0.15, 0.2) is 47.2 Å². The molecular weight excluding hydrogens is 376 g/mol. The largest absolute Gasteiger partial charge is 0.366 e. The molecule has 27 heavy (non-hydrogen) atoms. The third-order valence-corrected chi connectivity index (χ3v) is 6.06. The SMILES string of the molecule is Cc1nc(-c2nc(-c3cc(C(N)=O)c(C)n3Cc3ccccc3)cs2)cs1. The minimum atomic E-state index is -0.425. The molecule has 0 radical (unpaired) electrons. The summed E-state index contributed by atoms with van der Waals surface area (Å²) in [6.45, 7) is 4.55. The van der Waals surface area contributed by atoms with Gasteiger partial charge in [-0.2, -0.15) is 0 Å². The third kappa shape index (κ3) is 3.43. The van der Waals surface area contributed by atoms with Gasteiger partial charge in [-0.25, -0.2) is 9.97 Å². The Balaban J connectivity index is 1.79. The van der Waals surface area contributed by atoms with Crippen molar-refractivity contribution in [1.29, 1.82) is 0 Å². The summed E-state index contributed by atoms with van der Waals surface area (Å²) in [4.78, 5) is 21.2. The van der Waals surface area contributed by atoms with Gasteiger partial charge in [-0.1, -0.05) is 30.3 Å². The molecule has 136 valence electrons. The van der Waals surface area contributed by atoms with Gasteiger partial charge in [-0.3, -0.25) is 4.79 Å². The van der Waals surface area contributed by atoms with Crippen molar-refractivity contribution in [3.05, 3.63) is 69.0 Å². The second kappa shape index (κ2) is 7.09. The molecule has 0 saturated heterocycles. The maximum atomic E-state index is 11.9. The number of aryl methyl sites for hydroxylation is 1. The van der Waals surface area contributed by atoms with Crippen LogP contribution in [-0.2, 0) is 6.54 Å². The molecule has 4 rings (SSSR count). The number of carbonyl (C=O) groups is 1. The van der Waals surface area contributed by atoms with E-state index in [1.807, 2.05) is 48.9 Å². The van der Waals surface area contributed by atoms with Crippen molar-refractivity contribution >= 4 is 28.6 Å². The number of nitrogens with two attached hydrogens (primary N) is 1. The van der Waals surface area contributed by atoms with Crippen LogP contribution >= 0.6 is 22.7 Å². The van der Waals surface area contributed by atoms with E-state index in [1.54, 1.807) is 22.7 Å². The third-order valence-electron chi connectivity index (χ3n) is 4.42. The molecule has 0 spiro atoms. The van der Waals surface area contributed by atoms with E-state index >= 15 is 0 Å². The van der Waals surface area contributed by atoms with E-state index in [-0.39, 0.29) is 0 Å². The lowest BCUT2D eigenvalue weighted by Crippen LogP contribution is -2.12. The van der Waals surface area contributed by atoms with Crippen molar-refractivity contribution in [3.8, 4) is 22.1 Å². The molecule has 0 atom stereocenters. The van der Waals surface area contributed by atoms with Gasteiger partial charge < -0.3 is 10.3 Å². The van der Waals surface area contributed by atoms with Crippen molar-refractivity contribution in [2.45, 2.75) is 20.4 Å². The van der Waals surface area contributed by atoms with Gasteiger partial charge in [0, 0.05) is 23.0 Å². The molecule has 4 aromatic rings. The highest BCUT2D eigenvalue weighted by atomic mass is 32.1. The molecule has 0 aliphatic carbocycles. The van der Waals surface area contributed by atoms with Gasteiger partial charge in [-0.05, 0) is 25.5 Å². The number of thiazole rings is 2. The summed E-state index contributed by atoms with van der Waals surface area (Å²) in [5, 5.41) is 5.91. The van der Waals surface area contributed by atoms with Crippen LogP contribution in [0.2, 0.25) is 0 Å². The second-order valence-electron chi connectivity index (χ2n) is 6.25. The van der Waals surface area contributed by atoms with E-state index in [2.05, 4.69) is 21.7 Å². The van der Waals surface area contributed by atoms with Crippen molar-refractivity contribution in [3.63, 3.8) is 0 Å². The summed E-state index contributed by atoms with van der Waals surface area (Å²) < 4.78 is 2.10. The zero-order chi connectivity index (χ0) is 19.0. The Kier molecular flexibility index (Phi) is 4.63. The van der Waals surface area contributed by atoms with E-state index in [9.17, 15) is 4.79 Å². The van der Waals surface area contributed by atoms with Gasteiger partial charge in [0.15, 0.2) is 0 Å². The Hall–Kier alpha value is -2.77. The molecule has 0 aliphatic rings. The van der Waals surface area contributed by atoms with Crippen LogP contribution in [0.3, 0.4) is 0 Å². The number of amides is 1. The minimum absolute atomic E-state index is 0.425. The topological polar surface area (TPSA) is 73.8 Å². The van der Waals surface area contributed by atoms with E-state index in [0.717, 1.165) is 38.4 Å². The summed E-state index contributed by atoms with van der Waals surface area (Å²) in [6.07, 6.45) is 0. The van der Waals surface area contributed by atoms with Gasteiger partial charge in [0.25, 0.3) is 5.91 Å². The smallest absolute Gasteiger partial charge is 0.250 e. The lowest BCUT2D eigenvalue weighted by molar-refractivity contribution is 0.0999. The number of rotatable bonds is 5. The van der Waals surface area contributed by atoms with Gasteiger partial charge >= 0.3 is 0 Å².